The molecule has 2 N–H and O–H groups in total. The van der Waals surface area contributed by atoms with Gasteiger partial charge in [-0.25, -0.2) is 9.67 Å². The van der Waals surface area contributed by atoms with E-state index in [1.165, 1.54) is 0 Å². The van der Waals surface area contributed by atoms with Crippen LogP contribution in [0.3, 0.4) is 0 Å². The number of fused-ring (bicyclic) bond motifs is 1. The number of nitrogens with zero attached hydrogens (tertiary/aromatic N) is 4. The molecule has 2 amide bonds. The standard InChI is InChI=1S/C28H23N5O2/c1-32(22-14-12-21(13-15-22)26(29)34)28(35)23-16-25(20-10-6-3-7-11-20)31-27-24(23)17-30-33(27)18-19-8-4-2-5-9-19/h2-17H,18H2,1H3,(H2,29,34). The normalized spacial score (nSPS) is 10.9. The number of pyridine rings is 1. The van der Waals surface area contributed by atoms with Crippen LogP contribution in [-0.2, 0) is 6.54 Å². The van der Waals surface area contributed by atoms with Crippen LogP contribution in [0.25, 0.3) is 22.3 Å². The van der Waals surface area contributed by atoms with E-state index in [1.54, 1.807) is 42.4 Å². The summed E-state index contributed by atoms with van der Waals surface area (Å²) in [6.45, 7) is 0.535. The molecular weight excluding hydrogens is 438 g/mol. The highest BCUT2D eigenvalue weighted by atomic mass is 16.2. The van der Waals surface area contributed by atoms with E-state index in [4.69, 9.17) is 10.7 Å². The molecule has 0 saturated heterocycles. The van der Waals surface area contributed by atoms with Gasteiger partial charge < -0.3 is 10.6 Å². The zero-order chi connectivity index (χ0) is 24.4. The summed E-state index contributed by atoms with van der Waals surface area (Å²) >= 11 is 0. The second kappa shape index (κ2) is 9.23. The maximum absolute atomic E-state index is 13.7. The minimum absolute atomic E-state index is 0.208. The number of amides is 2. The summed E-state index contributed by atoms with van der Waals surface area (Å²) in [6.07, 6.45) is 1.69. The Morgan fingerprint density at radius 1 is 0.914 bits per heavy atom. The van der Waals surface area contributed by atoms with Gasteiger partial charge in [0.05, 0.1) is 29.4 Å². The third-order valence-corrected chi connectivity index (χ3v) is 5.93. The molecule has 3 aromatic carbocycles. The largest absolute Gasteiger partial charge is 0.366 e. The third-order valence-electron chi connectivity index (χ3n) is 5.93. The molecule has 0 spiro atoms. The fraction of sp³-hybridized carbons (Fsp3) is 0.0714. The van der Waals surface area contributed by atoms with E-state index in [2.05, 4.69) is 5.10 Å². The number of primary amides is 1. The molecule has 0 aliphatic heterocycles. The van der Waals surface area contributed by atoms with E-state index in [0.717, 1.165) is 11.1 Å². The number of benzene rings is 3. The lowest BCUT2D eigenvalue weighted by molar-refractivity contribution is 0.0990. The Morgan fingerprint density at radius 3 is 2.23 bits per heavy atom. The van der Waals surface area contributed by atoms with Crippen LogP contribution in [0.1, 0.15) is 26.3 Å². The fourth-order valence-electron chi connectivity index (χ4n) is 4.00. The maximum atomic E-state index is 13.7. The molecule has 0 atom stereocenters. The first-order chi connectivity index (χ1) is 17.0. The first-order valence-corrected chi connectivity index (χ1v) is 11.1. The van der Waals surface area contributed by atoms with Crippen molar-refractivity contribution in [1.29, 1.82) is 0 Å². The van der Waals surface area contributed by atoms with E-state index < -0.39 is 5.91 Å². The summed E-state index contributed by atoms with van der Waals surface area (Å²) in [4.78, 5) is 31.5. The monoisotopic (exact) mass is 461 g/mol. The average Bonchev–Trinajstić information content (AvgIpc) is 3.31. The van der Waals surface area contributed by atoms with E-state index in [9.17, 15) is 9.59 Å². The van der Waals surface area contributed by atoms with Crippen LogP contribution in [0.2, 0.25) is 0 Å². The van der Waals surface area contributed by atoms with Crippen LogP contribution in [0, 0.1) is 0 Å². The number of aromatic nitrogens is 3. The van der Waals surface area contributed by atoms with Crippen LogP contribution in [0.15, 0.2) is 97.2 Å². The van der Waals surface area contributed by atoms with Crippen molar-refractivity contribution < 1.29 is 9.59 Å². The molecule has 5 rings (SSSR count). The highest BCUT2D eigenvalue weighted by molar-refractivity contribution is 6.13. The lowest BCUT2D eigenvalue weighted by Crippen LogP contribution is -2.26. The number of hydrogen-bond donors (Lipinski definition) is 1. The maximum Gasteiger partial charge on any atom is 0.258 e. The zero-order valence-corrected chi connectivity index (χ0v) is 19.1. The van der Waals surface area contributed by atoms with E-state index >= 15 is 0 Å². The molecule has 0 fully saturated rings. The second-order valence-electron chi connectivity index (χ2n) is 8.22. The summed E-state index contributed by atoms with van der Waals surface area (Å²) in [5.41, 5.74) is 10.2. The molecule has 0 aliphatic rings. The average molecular weight is 462 g/mol. The fourth-order valence-corrected chi connectivity index (χ4v) is 4.00. The number of nitrogens with two attached hydrogens (primary N) is 1. The summed E-state index contributed by atoms with van der Waals surface area (Å²) in [7, 11) is 1.70. The van der Waals surface area contributed by atoms with Crippen molar-refractivity contribution in [2.75, 3.05) is 11.9 Å². The van der Waals surface area contributed by atoms with Gasteiger partial charge in [-0.1, -0.05) is 60.7 Å². The zero-order valence-electron chi connectivity index (χ0n) is 19.1. The quantitative estimate of drug-likeness (QED) is 0.402. The van der Waals surface area contributed by atoms with Gasteiger partial charge in [-0.05, 0) is 35.9 Å². The van der Waals surface area contributed by atoms with Crippen molar-refractivity contribution in [3.63, 3.8) is 0 Å². The Hall–Kier alpha value is -4.78. The molecule has 0 aliphatic carbocycles. The molecule has 7 heteroatoms. The smallest absolute Gasteiger partial charge is 0.258 e. The highest BCUT2D eigenvalue weighted by Gasteiger charge is 2.21. The van der Waals surface area contributed by atoms with Gasteiger partial charge in [-0.2, -0.15) is 5.10 Å². The van der Waals surface area contributed by atoms with Crippen molar-refractivity contribution in [3.8, 4) is 11.3 Å². The van der Waals surface area contributed by atoms with Crippen molar-refractivity contribution in [1.82, 2.24) is 14.8 Å². The van der Waals surface area contributed by atoms with Crippen LogP contribution >= 0.6 is 0 Å². The van der Waals surface area contributed by atoms with E-state index in [0.29, 0.717) is 40.1 Å². The molecule has 0 saturated carbocycles. The van der Waals surface area contributed by atoms with Gasteiger partial charge in [-0.3, -0.25) is 9.59 Å². The van der Waals surface area contributed by atoms with Gasteiger partial charge in [0.15, 0.2) is 5.65 Å². The van der Waals surface area contributed by atoms with E-state index in [1.807, 2.05) is 71.4 Å². The third kappa shape index (κ3) is 4.39. The molecule has 0 unspecified atom stereocenters. The molecule has 5 aromatic rings. The van der Waals surface area contributed by atoms with Crippen LogP contribution in [0.5, 0.6) is 0 Å². The van der Waals surface area contributed by atoms with Crippen molar-refractivity contribution >= 4 is 28.5 Å². The molecule has 35 heavy (non-hydrogen) atoms. The lowest BCUT2D eigenvalue weighted by Gasteiger charge is -2.19. The Morgan fingerprint density at radius 2 is 1.57 bits per heavy atom. The van der Waals surface area contributed by atoms with Crippen molar-refractivity contribution in [2.24, 2.45) is 5.73 Å². The second-order valence-corrected chi connectivity index (χ2v) is 8.22. The SMILES string of the molecule is CN(C(=O)c1cc(-c2ccccc2)nc2c1cnn2Cc1ccccc1)c1ccc(C(N)=O)cc1. The van der Waals surface area contributed by atoms with Crippen molar-refractivity contribution in [2.45, 2.75) is 6.54 Å². The van der Waals surface area contributed by atoms with Crippen LogP contribution in [0.4, 0.5) is 5.69 Å². The van der Waals surface area contributed by atoms with Crippen LogP contribution in [-0.4, -0.2) is 33.6 Å². The first kappa shape index (κ1) is 22.0. The number of carbonyl (C=O) groups is 2. The van der Waals surface area contributed by atoms with E-state index in [-0.39, 0.29) is 5.91 Å². The molecule has 2 aromatic heterocycles. The Kier molecular flexibility index (Phi) is 5.81. The van der Waals surface area contributed by atoms with Gasteiger partial charge in [0.25, 0.3) is 5.91 Å². The molecule has 0 bridgehead atoms. The van der Waals surface area contributed by atoms with Gasteiger partial charge >= 0.3 is 0 Å². The summed E-state index contributed by atoms with van der Waals surface area (Å²) in [6, 6.07) is 28.2. The Balaban J connectivity index is 1.60. The Bertz CT molecular complexity index is 1510. The minimum atomic E-state index is -0.514. The number of anilines is 1. The predicted octanol–water partition coefficient (Wildman–Crippen LogP) is 4.52. The highest BCUT2D eigenvalue weighted by Crippen LogP contribution is 2.27. The van der Waals surface area contributed by atoms with Crippen molar-refractivity contribution in [3.05, 3.63) is 114 Å². The van der Waals surface area contributed by atoms with Crippen LogP contribution < -0.4 is 10.6 Å². The first-order valence-electron chi connectivity index (χ1n) is 11.1. The summed E-state index contributed by atoms with van der Waals surface area (Å²) in [5, 5.41) is 5.24. The number of rotatable bonds is 6. The minimum Gasteiger partial charge on any atom is -0.366 e. The summed E-state index contributed by atoms with van der Waals surface area (Å²) < 4.78 is 1.82. The molecule has 7 nitrogen and oxygen atoms in total. The molecule has 172 valence electrons. The molecule has 2 heterocycles. The van der Waals surface area contributed by atoms with Gasteiger partial charge in [0.2, 0.25) is 5.91 Å². The van der Waals surface area contributed by atoms with Gasteiger partial charge in [0, 0.05) is 23.9 Å². The number of carbonyl (C=O) groups excluding carboxylic acids is 2. The topological polar surface area (TPSA) is 94.1 Å². The molecular formula is C28H23N5O2. The summed E-state index contributed by atoms with van der Waals surface area (Å²) in [5.74, 6) is -0.722. The Labute approximate surface area is 202 Å². The van der Waals surface area contributed by atoms with Gasteiger partial charge in [-0.15, -0.1) is 0 Å². The lowest BCUT2D eigenvalue weighted by atomic mass is 10.1. The molecule has 0 radical (unpaired) electrons. The predicted molar refractivity (Wildman–Crippen MR) is 136 cm³/mol. The van der Waals surface area contributed by atoms with Gasteiger partial charge in [0.1, 0.15) is 0 Å². The number of hydrogen-bond acceptors (Lipinski definition) is 4.